The molecule has 1 unspecified atom stereocenters. The molecule has 0 aromatic heterocycles. The summed E-state index contributed by atoms with van der Waals surface area (Å²) >= 11 is 0. The zero-order valence-electron chi connectivity index (χ0n) is 18.3. The van der Waals surface area contributed by atoms with Crippen LogP contribution in [-0.2, 0) is 9.53 Å². The lowest BCUT2D eigenvalue weighted by molar-refractivity contribution is -0.128. The molecule has 0 spiro atoms. The van der Waals surface area contributed by atoms with E-state index in [4.69, 9.17) is 4.74 Å². The van der Waals surface area contributed by atoms with Crippen LogP contribution >= 0.6 is 0 Å². The number of nitrogens with one attached hydrogen (secondary N) is 1. The smallest absolute Gasteiger partial charge is 0.266 e. The number of piperazine rings is 1. The molecule has 0 aliphatic carbocycles. The van der Waals surface area contributed by atoms with E-state index in [-0.39, 0.29) is 23.6 Å². The normalized spacial score (nSPS) is 19.7. The lowest BCUT2D eigenvalue weighted by atomic mass is 9.96. The van der Waals surface area contributed by atoms with Gasteiger partial charge in [0.05, 0.1) is 12.1 Å². The number of benzene rings is 2. The summed E-state index contributed by atoms with van der Waals surface area (Å²) in [5.74, 6) is -0.206. The van der Waals surface area contributed by atoms with Gasteiger partial charge in [-0.05, 0) is 24.0 Å². The molecule has 0 bridgehead atoms. The van der Waals surface area contributed by atoms with Crippen molar-refractivity contribution in [2.75, 3.05) is 39.3 Å². The Labute approximate surface area is 190 Å². The van der Waals surface area contributed by atoms with Crippen LogP contribution < -0.4 is 5.32 Å². The highest BCUT2D eigenvalue weighted by atomic mass is 16.5. The molecule has 2 aliphatic rings. The summed E-state index contributed by atoms with van der Waals surface area (Å²) in [6.45, 7) is 4.11. The molecule has 2 fully saturated rings. The Balaban J connectivity index is 1.39. The molecule has 32 heavy (non-hydrogen) atoms. The van der Waals surface area contributed by atoms with Gasteiger partial charge >= 0.3 is 0 Å². The van der Waals surface area contributed by atoms with Gasteiger partial charge in [0.2, 0.25) is 0 Å². The number of hydrogen-bond donors (Lipinski definition) is 1. The van der Waals surface area contributed by atoms with Crippen molar-refractivity contribution in [1.82, 2.24) is 15.1 Å². The molecule has 1 atom stereocenters. The molecule has 0 radical (unpaired) electrons. The first-order chi connectivity index (χ1) is 15.8. The Morgan fingerprint density at radius 2 is 1.69 bits per heavy atom. The average molecular weight is 431 g/mol. The quantitative estimate of drug-likeness (QED) is 0.540. The van der Waals surface area contributed by atoms with E-state index in [1.54, 1.807) is 11.1 Å². The minimum Gasteiger partial charge on any atom is -0.387 e. The Kier molecular flexibility index (Phi) is 7.55. The van der Waals surface area contributed by atoms with Crippen LogP contribution in [0.1, 0.15) is 30.0 Å². The predicted octanol–water partition coefficient (Wildman–Crippen LogP) is 3.10. The topological polar surface area (TPSA) is 68.6 Å². The number of amides is 1. The van der Waals surface area contributed by atoms with Gasteiger partial charge in [0.15, 0.2) is 0 Å². The van der Waals surface area contributed by atoms with Crippen LogP contribution in [0.3, 0.4) is 0 Å². The fraction of sp³-hybridized carbons (Fsp3) is 0.385. The zero-order valence-corrected chi connectivity index (χ0v) is 18.3. The molecule has 6 heteroatoms. The van der Waals surface area contributed by atoms with Crippen molar-refractivity contribution in [3.63, 3.8) is 0 Å². The van der Waals surface area contributed by atoms with Crippen molar-refractivity contribution in [2.24, 2.45) is 0 Å². The summed E-state index contributed by atoms with van der Waals surface area (Å²) in [5.41, 5.74) is 2.64. The molecular weight excluding hydrogens is 400 g/mol. The molecule has 6 nitrogen and oxygen atoms in total. The van der Waals surface area contributed by atoms with E-state index < -0.39 is 0 Å². The van der Waals surface area contributed by atoms with E-state index in [1.165, 1.54) is 11.1 Å². The molecule has 2 aromatic rings. The predicted molar refractivity (Wildman–Crippen MR) is 124 cm³/mol. The molecule has 2 heterocycles. The first-order valence-electron chi connectivity index (χ1n) is 11.3. The van der Waals surface area contributed by atoms with Crippen molar-refractivity contribution in [3.8, 4) is 6.07 Å². The van der Waals surface area contributed by atoms with Gasteiger partial charge in [-0.3, -0.25) is 9.69 Å². The van der Waals surface area contributed by atoms with E-state index in [2.05, 4.69) is 64.8 Å². The second kappa shape index (κ2) is 10.9. The summed E-state index contributed by atoms with van der Waals surface area (Å²) in [7, 11) is 0. The standard InChI is InChI=1S/C26H30N4O2/c27-18-23(19-28-20-24-12-7-17-32-24)26(31)30-15-13-29(14-16-30)25(21-8-3-1-4-9-21)22-10-5-2-6-11-22/h1-6,8-11,19,24-25,28H,7,12-17,20H2/b23-19-. The summed E-state index contributed by atoms with van der Waals surface area (Å²) in [6, 6.07) is 23.2. The fourth-order valence-electron chi connectivity index (χ4n) is 4.48. The highest BCUT2D eigenvalue weighted by molar-refractivity contribution is 5.97. The lowest BCUT2D eigenvalue weighted by Gasteiger charge is -2.39. The van der Waals surface area contributed by atoms with Crippen molar-refractivity contribution < 1.29 is 9.53 Å². The first-order valence-corrected chi connectivity index (χ1v) is 11.3. The van der Waals surface area contributed by atoms with Gasteiger partial charge in [-0.1, -0.05) is 60.7 Å². The number of rotatable bonds is 7. The van der Waals surface area contributed by atoms with E-state index in [0.717, 1.165) is 32.5 Å². The molecule has 166 valence electrons. The number of nitriles is 1. The molecule has 1 amide bonds. The number of ether oxygens (including phenoxy) is 1. The second-order valence-electron chi connectivity index (χ2n) is 8.27. The third-order valence-corrected chi connectivity index (χ3v) is 6.16. The largest absolute Gasteiger partial charge is 0.387 e. The van der Waals surface area contributed by atoms with Gasteiger partial charge in [0.1, 0.15) is 11.6 Å². The second-order valence-corrected chi connectivity index (χ2v) is 8.27. The van der Waals surface area contributed by atoms with Crippen molar-refractivity contribution in [2.45, 2.75) is 25.0 Å². The minimum absolute atomic E-state index is 0.147. The van der Waals surface area contributed by atoms with Crippen LogP contribution in [-0.4, -0.2) is 61.1 Å². The molecule has 1 N–H and O–H groups in total. The fourth-order valence-corrected chi connectivity index (χ4v) is 4.48. The highest BCUT2D eigenvalue weighted by Gasteiger charge is 2.29. The van der Waals surface area contributed by atoms with Crippen molar-refractivity contribution in [1.29, 1.82) is 5.26 Å². The Hall–Kier alpha value is -3.14. The van der Waals surface area contributed by atoms with E-state index in [9.17, 15) is 10.1 Å². The maximum atomic E-state index is 12.9. The number of hydrogen-bond acceptors (Lipinski definition) is 5. The third-order valence-electron chi connectivity index (χ3n) is 6.16. The highest BCUT2D eigenvalue weighted by Crippen LogP contribution is 2.29. The molecule has 2 saturated heterocycles. The maximum Gasteiger partial charge on any atom is 0.266 e. The van der Waals surface area contributed by atoms with Gasteiger partial charge in [0.25, 0.3) is 5.91 Å². The third kappa shape index (κ3) is 5.37. The van der Waals surface area contributed by atoms with Gasteiger partial charge in [-0.25, -0.2) is 0 Å². The maximum absolute atomic E-state index is 12.9. The van der Waals surface area contributed by atoms with Crippen LogP contribution in [0.5, 0.6) is 0 Å². The monoisotopic (exact) mass is 430 g/mol. The van der Waals surface area contributed by atoms with Crippen molar-refractivity contribution in [3.05, 3.63) is 83.6 Å². The van der Waals surface area contributed by atoms with Crippen LogP contribution in [0, 0.1) is 11.3 Å². The Bertz CT molecular complexity index is 901. The first kappa shape index (κ1) is 22.1. The van der Waals surface area contributed by atoms with Crippen molar-refractivity contribution >= 4 is 5.91 Å². The minimum atomic E-state index is -0.206. The van der Waals surface area contributed by atoms with Crippen LogP contribution in [0.4, 0.5) is 0 Å². The molecule has 2 aliphatic heterocycles. The van der Waals surface area contributed by atoms with E-state index >= 15 is 0 Å². The summed E-state index contributed by atoms with van der Waals surface area (Å²) in [5, 5.41) is 12.6. The van der Waals surface area contributed by atoms with Crippen LogP contribution in [0.25, 0.3) is 0 Å². The SMILES string of the molecule is N#C/C(=C/NCC1CCCO1)C(=O)N1CCN(C(c2ccccc2)c2ccccc2)CC1. The van der Waals surface area contributed by atoms with E-state index in [1.807, 2.05) is 12.1 Å². The number of carbonyl (C=O) groups is 1. The Morgan fingerprint density at radius 3 is 2.22 bits per heavy atom. The molecule has 0 saturated carbocycles. The van der Waals surface area contributed by atoms with Gasteiger partial charge in [0, 0.05) is 45.5 Å². The molecular formula is C26H30N4O2. The van der Waals surface area contributed by atoms with Gasteiger partial charge in [-0.2, -0.15) is 5.26 Å². The van der Waals surface area contributed by atoms with Gasteiger partial charge < -0.3 is 15.0 Å². The molecule has 2 aromatic carbocycles. The average Bonchev–Trinajstić information content (AvgIpc) is 3.37. The van der Waals surface area contributed by atoms with E-state index in [0.29, 0.717) is 19.6 Å². The number of nitrogens with zero attached hydrogens (tertiary/aromatic N) is 3. The molecule has 4 rings (SSSR count). The van der Waals surface area contributed by atoms with Crippen LogP contribution in [0.15, 0.2) is 72.4 Å². The lowest BCUT2D eigenvalue weighted by Crippen LogP contribution is -2.50. The summed E-state index contributed by atoms with van der Waals surface area (Å²) in [4.78, 5) is 17.1. The summed E-state index contributed by atoms with van der Waals surface area (Å²) < 4.78 is 5.58. The Morgan fingerprint density at radius 1 is 1.06 bits per heavy atom. The summed E-state index contributed by atoms with van der Waals surface area (Å²) in [6.07, 6.45) is 3.80. The van der Waals surface area contributed by atoms with Gasteiger partial charge in [-0.15, -0.1) is 0 Å². The van der Waals surface area contributed by atoms with Crippen LogP contribution in [0.2, 0.25) is 0 Å². The number of carbonyl (C=O) groups excluding carboxylic acids is 1. The zero-order chi connectivity index (χ0) is 22.2.